The van der Waals surface area contributed by atoms with Crippen molar-refractivity contribution in [1.82, 2.24) is 20.1 Å². The molecular formula is C18H22N4O2. The van der Waals surface area contributed by atoms with Crippen LogP contribution in [0.25, 0.3) is 10.9 Å². The van der Waals surface area contributed by atoms with E-state index in [4.69, 9.17) is 9.47 Å². The summed E-state index contributed by atoms with van der Waals surface area (Å²) in [5.41, 5.74) is 2.44. The van der Waals surface area contributed by atoms with Crippen LogP contribution in [0.3, 0.4) is 0 Å². The van der Waals surface area contributed by atoms with Crippen LogP contribution in [0.4, 0.5) is 0 Å². The molecule has 0 saturated carbocycles. The van der Waals surface area contributed by atoms with E-state index in [9.17, 15) is 0 Å². The molecule has 2 atom stereocenters. The van der Waals surface area contributed by atoms with Crippen molar-refractivity contribution in [1.29, 1.82) is 0 Å². The van der Waals surface area contributed by atoms with Crippen molar-refractivity contribution in [2.24, 2.45) is 0 Å². The molecule has 1 aliphatic heterocycles. The van der Waals surface area contributed by atoms with Gasteiger partial charge in [0.2, 0.25) is 0 Å². The van der Waals surface area contributed by atoms with E-state index in [0.717, 1.165) is 24.4 Å². The van der Waals surface area contributed by atoms with E-state index in [2.05, 4.69) is 46.6 Å². The molecule has 24 heavy (non-hydrogen) atoms. The van der Waals surface area contributed by atoms with E-state index < -0.39 is 0 Å². The van der Waals surface area contributed by atoms with Gasteiger partial charge in [0, 0.05) is 30.2 Å². The molecule has 0 radical (unpaired) electrons. The average Bonchev–Trinajstić information content (AvgIpc) is 3.34. The first-order valence-corrected chi connectivity index (χ1v) is 8.38. The standard InChI is InChI=1S/C18H22N4O2/c1-2-22-10-14(9-21-22)24-18-12-23-11-17(18)20-8-13-4-3-5-16-15(13)6-7-19-16/h3-7,9-10,17-20H,2,8,11-12H2,1H3/t17-,18+/m0/s1. The van der Waals surface area contributed by atoms with Gasteiger partial charge in [0.15, 0.2) is 5.75 Å². The van der Waals surface area contributed by atoms with Gasteiger partial charge in [0.25, 0.3) is 0 Å². The maximum Gasteiger partial charge on any atom is 0.157 e. The molecule has 3 aromatic rings. The number of rotatable bonds is 6. The number of H-pyrrole nitrogens is 1. The van der Waals surface area contributed by atoms with E-state index in [-0.39, 0.29) is 12.1 Å². The Kier molecular flexibility index (Phi) is 4.23. The minimum Gasteiger partial charge on any atom is -0.483 e. The van der Waals surface area contributed by atoms with Crippen LogP contribution in [-0.2, 0) is 17.8 Å². The molecule has 2 aromatic heterocycles. The summed E-state index contributed by atoms with van der Waals surface area (Å²) in [6, 6.07) is 8.61. The number of fused-ring (bicyclic) bond motifs is 1. The number of benzene rings is 1. The maximum absolute atomic E-state index is 6.05. The molecule has 1 saturated heterocycles. The Morgan fingerprint density at radius 2 is 2.33 bits per heavy atom. The van der Waals surface area contributed by atoms with E-state index in [1.54, 1.807) is 6.20 Å². The van der Waals surface area contributed by atoms with Crippen molar-refractivity contribution in [3.8, 4) is 5.75 Å². The summed E-state index contributed by atoms with van der Waals surface area (Å²) in [4.78, 5) is 3.25. The number of hydrogen-bond acceptors (Lipinski definition) is 4. The van der Waals surface area contributed by atoms with Crippen LogP contribution in [0, 0.1) is 0 Å². The number of ether oxygens (including phenoxy) is 2. The zero-order valence-electron chi connectivity index (χ0n) is 13.7. The molecule has 2 N–H and O–H groups in total. The Morgan fingerprint density at radius 3 is 3.21 bits per heavy atom. The zero-order chi connectivity index (χ0) is 16.4. The topological polar surface area (TPSA) is 64.1 Å². The Morgan fingerprint density at radius 1 is 1.38 bits per heavy atom. The average molecular weight is 326 g/mol. The van der Waals surface area contributed by atoms with Crippen molar-refractivity contribution in [2.45, 2.75) is 32.2 Å². The number of nitrogens with zero attached hydrogens (tertiary/aromatic N) is 2. The number of hydrogen-bond donors (Lipinski definition) is 2. The highest BCUT2D eigenvalue weighted by atomic mass is 16.5. The van der Waals surface area contributed by atoms with Gasteiger partial charge in [-0.3, -0.25) is 4.68 Å². The van der Waals surface area contributed by atoms with Crippen molar-refractivity contribution in [2.75, 3.05) is 13.2 Å². The predicted molar refractivity (Wildman–Crippen MR) is 92.1 cm³/mol. The fraction of sp³-hybridized carbons (Fsp3) is 0.389. The molecule has 4 rings (SSSR count). The SMILES string of the molecule is CCn1cc(O[C@@H]2COC[C@@H]2NCc2cccc3[nH]ccc23)cn1. The molecule has 1 aliphatic rings. The fourth-order valence-electron chi connectivity index (χ4n) is 3.14. The van der Waals surface area contributed by atoms with Crippen molar-refractivity contribution in [3.63, 3.8) is 0 Å². The van der Waals surface area contributed by atoms with Gasteiger partial charge in [-0.15, -0.1) is 0 Å². The normalized spacial score (nSPS) is 20.7. The van der Waals surface area contributed by atoms with E-state index in [1.165, 1.54) is 10.9 Å². The lowest BCUT2D eigenvalue weighted by Crippen LogP contribution is -2.41. The summed E-state index contributed by atoms with van der Waals surface area (Å²) in [5.74, 6) is 0.798. The van der Waals surface area contributed by atoms with Crippen LogP contribution in [0.5, 0.6) is 5.75 Å². The molecule has 0 aliphatic carbocycles. The monoisotopic (exact) mass is 326 g/mol. The molecular weight excluding hydrogens is 304 g/mol. The first-order valence-electron chi connectivity index (χ1n) is 8.38. The van der Waals surface area contributed by atoms with Gasteiger partial charge >= 0.3 is 0 Å². The van der Waals surface area contributed by atoms with Gasteiger partial charge in [0.1, 0.15) is 6.10 Å². The highest BCUT2D eigenvalue weighted by Crippen LogP contribution is 2.20. The summed E-state index contributed by atoms with van der Waals surface area (Å²) in [6.45, 7) is 4.95. The van der Waals surface area contributed by atoms with Gasteiger partial charge in [-0.1, -0.05) is 12.1 Å². The van der Waals surface area contributed by atoms with Gasteiger partial charge in [-0.25, -0.2) is 0 Å². The molecule has 6 nitrogen and oxygen atoms in total. The fourth-order valence-corrected chi connectivity index (χ4v) is 3.14. The molecule has 6 heteroatoms. The lowest BCUT2D eigenvalue weighted by molar-refractivity contribution is 0.139. The van der Waals surface area contributed by atoms with Crippen LogP contribution in [0.15, 0.2) is 42.9 Å². The number of aromatic nitrogens is 3. The van der Waals surface area contributed by atoms with E-state index in [0.29, 0.717) is 13.2 Å². The molecule has 1 fully saturated rings. The Bertz CT molecular complexity index is 810. The molecule has 0 unspecified atom stereocenters. The third-order valence-corrected chi connectivity index (χ3v) is 4.49. The zero-order valence-corrected chi connectivity index (χ0v) is 13.7. The largest absolute Gasteiger partial charge is 0.483 e. The molecule has 126 valence electrons. The molecule has 0 spiro atoms. The Hall–Kier alpha value is -2.31. The first-order chi connectivity index (χ1) is 11.8. The number of aromatic amines is 1. The van der Waals surface area contributed by atoms with Crippen molar-refractivity contribution in [3.05, 3.63) is 48.4 Å². The maximum atomic E-state index is 6.05. The quantitative estimate of drug-likeness (QED) is 0.730. The third-order valence-electron chi connectivity index (χ3n) is 4.49. The lowest BCUT2D eigenvalue weighted by Gasteiger charge is -2.20. The second-order valence-electron chi connectivity index (χ2n) is 6.07. The van der Waals surface area contributed by atoms with Crippen LogP contribution in [0.2, 0.25) is 0 Å². The van der Waals surface area contributed by atoms with E-state index >= 15 is 0 Å². The Balaban J connectivity index is 1.41. The second kappa shape index (κ2) is 6.67. The molecule has 3 heterocycles. The third kappa shape index (κ3) is 3.02. The highest BCUT2D eigenvalue weighted by molar-refractivity contribution is 5.82. The molecule has 1 aromatic carbocycles. The summed E-state index contributed by atoms with van der Waals surface area (Å²) >= 11 is 0. The van der Waals surface area contributed by atoms with Gasteiger partial charge < -0.3 is 19.8 Å². The van der Waals surface area contributed by atoms with Crippen LogP contribution < -0.4 is 10.1 Å². The summed E-state index contributed by atoms with van der Waals surface area (Å²) in [5, 5.41) is 9.09. The van der Waals surface area contributed by atoms with Crippen LogP contribution in [0.1, 0.15) is 12.5 Å². The first kappa shape index (κ1) is 15.2. The van der Waals surface area contributed by atoms with Crippen LogP contribution >= 0.6 is 0 Å². The number of aryl methyl sites for hydroxylation is 1. The predicted octanol–water partition coefficient (Wildman–Crippen LogP) is 2.32. The molecule has 0 amide bonds. The van der Waals surface area contributed by atoms with Crippen molar-refractivity contribution < 1.29 is 9.47 Å². The number of nitrogens with one attached hydrogen (secondary N) is 2. The summed E-state index contributed by atoms with van der Waals surface area (Å²) < 4.78 is 13.5. The van der Waals surface area contributed by atoms with Crippen LogP contribution in [-0.4, -0.2) is 40.1 Å². The lowest BCUT2D eigenvalue weighted by atomic mass is 10.1. The second-order valence-corrected chi connectivity index (χ2v) is 6.07. The van der Waals surface area contributed by atoms with Gasteiger partial charge in [0.05, 0.1) is 31.6 Å². The highest BCUT2D eigenvalue weighted by Gasteiger charge is 2.30. The van der Waals surface area contributed by atoms with Crippen molar-refractivity contribution >= 4 is 10.9 Å². The molecule has 0 bridgehead atoms. The van der Waals surface area contributed by atoms with E-state index in [1.807, 2.05) is 17.1 Å². The smallest absolute Gasteiger partial charge is 0.157 e. The minimum atomic E-state index is 0.00457. The Labute approximate surface area is 140 Å². The minimum absolute atomic E-state index is 0.00457. The summed E-state index contributed by atoms with van der Waals surface area (Å²) in [7, 11) is 0. The van der Waals surface area contributed by atoms with Gasteiger partial charge in [-0.05, 0) is 24.6 Å². The summed E-state index contributed by atoms with van der Waals surface area (Å²) in [6.07, 6.45) is 5.67. The van der Waals surface area contributed by atoms with Gasteiger partial charge in [-0.2, -0.15) is 5.10 Å².